The standard InChI is InChI=1S/C27H33N3O3S/c1-27(2,3)33-25(32)19-30-23-15-7-5-13-21(23)28-26(30)34-18-9-8-16-24(31)29-17-10-12-20-11-4-6-14-22(20)29/h4-7,11,13-15H,8-10,12,16-19H2,1-3H3. The van der Waals surface area contributed by atoms with Crippen molar-refractivity contribution < 1.29 is 14.3 Å². The van der Waals surface area contributed by atoms with E-state index in [1.54, 1.807) is 11.8 Å². The van der Waals surface area contributed by atoms with Crippen molar-refractivity contribution in [2.75, 3.05) is 17.2 Å². The van der Waals surface area contributed by atoms with E-state index in [-0.39, 0.29) is 18.4 Å². The molecule has 0 bridgehead atoms. The number of thioether (sulfide) groups is 1. The number of hydrogen-bond donors (Lipinski definition) is 0. The van der Waals surface area contributed by atoms with Gasteiger partial charge in [0.2, 0.25) is 5.91 Å². The lowest BCUT2D eigenvalue weighted by atomic mass is 10.0. The molecule has 0 unspecified atom stereocenters. The molecule has 0 saturated heterocycles. The molecule has 1 amide bonds. The zero-order chi connectivity index (χ0) is 24.1. The molecule has 0 spiro atoms. The number of rotatable bonds is 8. The van der Waals surface area contributed by atoms with E-state index >= 15 is 0 Å². The highest BCUT2D eigenvalue weighted by atomic mass is 32.2. The number of para-hydroxylation sites is 3. The van der Waals surface area contributed by atoms with Gasteiger partial charge in [0.05, 0.1) is 11.0 Å². The highest BCUT2D eigenvalue weighted by molar-refractivity contribution is 7.99. The number of benzene rings is 2. The van der Waals surface area contributed by atoms with Crippen molar-refractivity contribution in [3.63, 3.8) is 0 Å². The van der Waals surface area contributed by atoms with Crippen LogP contribution in [0, 0.1) is 0 Å². The fourth-order valence-corrected chi connectivity index (χ4v) is 5.30. The van der Waals surface area contributed by atoms with Crippen LogP contribution >= 0.6 is 11.8 Å². The van der Waals surface area contributed by atoms with Gasteiger partial charge in [0.1, 0.15) is 12.1 Å². The van der Waals surface area contributed by atoms with Crippen LogP contribution < -0.4 is 4.90 Å². The van der Waals surface area contributed by atoms with E-state index in [2.05, 4.69) is 12.1 Å². The zero-order valence-corrected chi connectivity index (χ0v) is 21.1. The summed E-state index contributed by atoms with van der Waals surface area (Å²) >= 11 is 1.63. The first-order valence-electron chi connectivity index (χ1n) is 12.0. The summed E-state index contributed by atoms with van der Waals surface area (Å²) in [5.74, 6) is 0.765. The van der Waals surface area contributed by atoms with Crippen LogP contribution in [0.15, 0.2) is 53.7 Å². The Labute approximate surface area is 205 Å². The van der Waals surface area contributed by atoms with Gasteiger partial charge in [-0.3, -0.25) is 9.59 Å². The number of anilines is 1. The number of ether oxygens (including phenoxy) is 1. The maximum atomic E-state index is 12.9. The molecule has 1 aromatic heterocycles. The molecule has 0 radical (unpaired) electrons. The van der Waals surface area contributed by atoms with E-state index in [0.29, 0.717) is 6.42 Å². The zero-order valence-electron chi connectivity index (χ0n) is 20.3. The second-order valence-electron chi connectivity index (χ2n) is 9.64. The Balaban J connectivity index is 1.33. The summed E-state index contributed by atoms with van der Waals surface area (Å²) in [4.78, 5) is 32.0. The summed E-state index contributed by atoms with van der Waals surface area (Å²) in [6, 6.07) is 16.1. The Kier molecular flexibility index (Phi) is 7.61. The molecule has 180 valence electrons. The van der Waals surface area contributed by atoms with Gasteiger partial charge in [-0.25, -0.2) is 4.98 Å². The lowest BCUT2D eigenvalue weighted by Crippen LogP contribution is -2.35. The van der Waals surface area contributed by atoms with Crippen LogP contribution in [-0.2, 0) is 27.3 Å². The Bertz CT molecular complexity index is 1170. The summed E-state index contributed by atoms with van der Waals surface area (Å²) < 4.78 is 7.46. The van der Waals surface area contributed by atoms with Crippen LogP contribution in [0.25, 0.3) is 11.0 Å². The highest BCUT2D eigenvalue weighted by Crippen LogP contribution is 2.28. The average molecular weight is 480 g/mol. The molecular weight excluding hydrogens is 446 g/mol. The number of carbonyl (C=O) groups excluding carboxylic acids is 2. The van der Waals surface area contributed by atoms with Crippen LogP contribution in [0.3, 0.4) is 0 Å². The number of hydrogen-bond acceptors (Lipinski definition) is 5. The van der Waals surface area contributed by atoms with Gasteiger partial charge in [0.25, 0.3) is 0 Å². The van der Waals surface area contributed by atoms with Gasteiger partial charge >= 0.3 is 5.97 Å². The number of fused-ring (bicyclic) bond motifs is 2. The van der Waals surface area contributed by atoms with Crippen molar-refractivity contribution in [1.82, 2.24) is 9.55 Å². The third kappa shape index (κ3) is 6.00. The lowest BCUT2D eigenvalue weighted by Gasteiger charge is -2.29. The Morgan fingerprint density at radius 1 is 1.06 bits per heavy atom. The second-order valence-corrected chi connectivity index (χ2v) is 10.7. The number of carbonyl (C=O) groups is 2. The van der Waals surface area contributed by atoms with Crippen LogP contribution in [0.4, 0.5) is 5.69 Å². The third-order valence-electron chi connectivity index (χ3n) is 5.75. The first-order valence-corrected chi connectivity index (χ1v) is 13.0. The smallest absolute Gasteiger partial charge is 0.326 e. The Morgan fingerprint density at radius 2 is 1.82 bits per heavy atom. The fourth-order valence-electron chi connectivity index (χ4n) is 4.29. The SMILES string of the molecule is CC(C)(C)OC(=O)Cn1c(SCCCCC(=O)N2CCCc3ccccc32)nc2ccccc21. The van der Waals surface area contributed by atoms with E-state index in [9.17, 15) is 9.59 Å². The fraction of sp³-hybridized carbons (Fsp3) is 0.444. The Hall–Kier alpha value is -2.80. The van der Waals surface area contributed by atoms with Crippen LogP contribution in [0.5, 0.6) is 0 Å². The number of aromatic nitrogens is 2. The van der Waals surface area contributed by atoms with Gasteiger partial charge in [-0.2, -0.15) is 0 Å². The topological polar surface area (TPSA) is 64.4 Å². The van der Waals surface area contributed by atoms with Crippen LogP contribution in [0.1, 0.15) is 52.0 Å². The maximum Gasteiger partial charge on any atom is 0.326 e. The molecule has 6 nitrogen and oxygen atoms in total. The molecule has 0 aliphatic carbocycles. The van der Waals surface area contributed by atoms with Crippen LogP contribution in [0.2, 0.25) is 0 Å². The quantitative estimate of drug-likeness (QED) is 0.238. The number of aryl methyl sites for hydroxylation is 1. The molecule has 0 saturated carbocycles. The Morgan fingerprint density at radius 3 is 2.65 bits per heavy atom. The van der Waals surface area contributed by atoms with Gasteiger partial charge in [-0.1, -0.05) is 42.1 Å². The van der Waals surface area contributed by atoms with E-state index in [0.717, 1.165) is 59.9 Å². The van der Waals surface area contributed by atoms with Crippen molar-refractivity contribution in [2.24, 2.45) is 0 Å². The second kappa shape index (κ2) is 10.6. The molecule has 4 rings (SSSR count). The first kappa shape index (κ1) is 24.3. The summed E-state index contributed by atoms with van der Waals surface area (Å²) in [6.45, 7) is 6.55. The molecule has 34 heavy (non-hydrogen) atoms. The van der Waals surface area contributed by atoms with Crippen molar-refractivity contribution in [1.29, 1.82) is 0 Å². The minimum atomic E-state index is -0.526. The van der Waals surface area contributed by atoms with E-state index in [1.165, 1.54) is 5.56 Å². The number of esters is 1. The molecule has 3 aromatic rings. The van der Waals surface area contributed by atoms with E-state index in [4.69, 9.17) is 9.72 Å². The molecule has 0 fully saturated rings. The number of nitrogens with zero attached hydrogens (tertiary/aromatic N) is 3. The minimum absolute atomic E-state index is 0.132. The highest BCUT2D eigenvalue weighted by Gasteiger charge is 2.22. The predicted molar refractivity (Wildman–Crippen MR) is 137 cm³/mol. The van der Waals surface area contributed by atoms with Gasteiger partial charge < -0.3 is 14.2 Å². The molecule has 7 heteroatoms. The number of amides is 1. The largest absolute Gasteiger partial charge is 0.459 e. The molecule has 1 aliphatic heterocycles. The first-order chi connectivity index (χ1) is 16.3. The van der Waals surface area contributed by atoms with Gasteiger partial charge in [-0.05, 0) is 70.2 Å². The normalized spacial score (nSPS) is 13.7. The van der Waals surface area contributed by atoms with Crippen molar-refractivity contribution in [3.8, 4) is 0 Å². The van der Waals surface area contributed by atoms with Crippen molar-refractivity contribution in [2.45, 2.75) is 70.2 Å². The monoisotopic (exact) mass is 479 g/mol. The lowest BCUT2D eigenvalue weighted by molar-refractivity contribution is -0.155. The summed E-state index contributed by atoms with van der Waals surface area (Å²) in [5.41, 5.74) is 3.61. The molecule has 0 atom stereocenters. The summed E-state index contributed by atoms with van der Waals surface area (Å²) in [7, 11) is 0. The maximum absolute atomic E-state index is 12.9. The predicted octanol–water partition coefficient (Wildman–Crippen LogP) is 5.62. The summed E-state index contributed by atoms with van der Waals surface area (Å²) in [5, 5.41) is 0.809. The molecule has 0 N–H and O–H groups in total. The van der Waals surface area contributed by atoms with E-state index in [1.807, 2.05) is 66.6 Å². The number of imidazole rings is 1. The number of unbranched alkanes of at least 4 members (excludes halogenated alkanes) is 1. The molecular formula is C27H33N3O3S. The molecule has 1 aliphatic rings. The third-order valence-corrected chi connectivity index (χ3v) is 6.82. The average Bonchev–Trinajstić information content (AvgIpc) is 3.14. The molecule has 2 aromatic carbocycles. The van der Waals surface area contributed by atoms with Gasteiger partial charge in [0.15, 0.2) is 5.16 Å². The van der Waals surface area contributed by atoms with Gasteiger partial charge in [-0.15, -0.1) is 0 Å². The summed E-state index contributed by atoms with van der Waals surface area (Å²) in [6.07, 6.45) is 4.34. The minimum Gasteiger partial charge on any atom is -0.459 e. The van der Waals surface area contributed by atoms with Crippen molar-refractivity contribution in [3.05, 3.63) is 54.1 Å². The van der Waals surface area contributed by atoms with Crippen molar-refractivity contribution >= 4 is 40.4 Å². The van der Waals surface area contributed by atoms with E-state index < -0.39 is 5.60 Å². The molecule has 2 heterocycles. The van der Waals surface area contributed by atoms with Gasteiger partial charge in [0, 0.05) is 24.4 Å². The van der Waals surface area contributed by atoms with Crippen LogP contribution in [-0.4, -0.2) is 39.3 Å².